The van der Waals surface area contributed by atoms with Crippen molar-refractivity contribution in [3.63, 3.8) is 0 Å². The van der Waals surface area contributed by atoms with Crippen LogP contribution >= 0.6 is 0 Å². The largest absolute Gasteiger partial charge is 0.493 e. The normalized spacial score (nSPS) is 11.0. The summed E-state index contributed by atoms with van der Waals surface area (Å²) in [4.78, 5) is 8.88. The minimum absolute atomic E-state index is 0.781. The van der Waals surface area contributed by atoms with Gasteiger partial charge in [0.05, 0.1) is 12.3 Å². The van der Waals surface area contributed by atoms with E-state index in [4.69, 9.17) is 4.74 Å². The molecule has 0 saturated heterocycles. The summed E-state index contributed by atoms with van der Waals surface area (Å²) < 4.78 is 6.17. The third kappa shape index (κ3) is 8.97. The highest BCUT2D eigenvalue weighted by molar-refractivity contribution is 5.69. The Morgan fingerprint density at radius 2 is 1.41 bits per heavy atom. The molecule has 0 radical (unpaired) electrons. The van der Waals surface area contributed by atoms with Crippen LogP contribution in [-0.4, -0.2) is 16.6 Å². The van der Waals surface area contributed by atoms with Crippen molar-refractivity contribution in [2.45, 2.75) is 97.3 Å². The van der Waals surface area contributed by atoms with E-state index in [-0.39, 0.29) is 0 Å². The lowest BCUT2D eigenvalue weighted by Crippen LogP contribution is -2.01. The van der Waals surface area contributed by atoms with E-state index in [1.165, 1.54) is 76.2 Å². The summed E-state index contributed by atoms with van der Waals surface area (Å²) in [5.41, 5.74) is 3.36. The van der Waals surface area contributed by atoms with Crippen LogP contribution in [0, 0.1) is 0 Å². The van der Waals surface area contributed by atoms with E-state index in [9.17, 15) is 0 Å². The van der Waals surface area contributed by atoms with Crippen molar-refractivity contribution in [1.29, 1.82) is 0 Å². The van der Waals surface area contributed by atoms with Crippen molar-refractivity contribution >= 4 is 0 Å². The number of nitrogens with zero attached hydrogens (tertiary/aromatic N) is 2. The molecule has 0 fully saturated rings. The maximum Gasteiger partial charge on any atom is 0.128 e. The molecular formula is C26H40N2O. The van der Waals surface area contributed by atoms with E-state index in [0.717, 1.165) is 36.5 Å². The number of ether oxygens (including phenoxy) is 1. The number of hydrogen-bond donors (Lipinski definition) is 0. The van der Waals surface area contributed by atoms with Gasteiger partial charge in [-0.3, -0.25) is 0 Å². The summed E-state index contributed by atoms with van der Waals surface area (Å²) in [5.74, 6) is 0.948. The summed E-state index contributed by atoms with van der Waals surface area (Å²) in [5, 5.41) is 0. The number of para-hydroxylation sites is 1. The Kier molecular flexibility index (Phi) is 12.1. The summed E-state index contributed by atoms with van der Waals surface area (Å²) in [6, 6.07) is 8.32. The Morgan fingerprint density at radius 1 is 0.759 bits per heavy atom. The second-order valence-corrected chi connectivity index (χ2v) is 8.03. The summed E-state index contributed by atoms with van der Waals surface area (Å²) in [6.07, 6.45) is 20.2. The van der Waals surface area contributed by atoms with Gasteiger partial charge in [-0.1, -0.05) is 90.2 Å². The highest BCUT2D eigenvalue weighted by Crippen LogP contribution is 2.31. The van der Waals surface area contributed by atoms with Crippen LogP contribution < -0.4 is 4.74 Å². The smallest absolute Gasteiger partial charge is 0.128 e. The number of aromatic nitrogens is 2. The van der Waals surface area contributed by atoms with Crippen LogP contribution in [0.2, 0.25) is 0 Å². The van der Waals surface area contributed by atoms with E-state index in [2.05, 4.69) is 48.1 Å². The van der Waals surface area contributed by atoms with Crippen LogP contribution in [0.5, 0.6) is 5.75 Å². The highest BCUT2D eigenvalue weighted by atomic mass is 16.5. The summed E-state index contributed by atoms with van der Waals surface area (Å²) in [7, 11) is 0. The predicted molar refractivity (Wildman–Crippen MR) is 123 cm³/mol. The molecule has 0 spiro atoms. The first-order valence-electron chi connectivity index (χ1n) is 11.9. The van der Waals surface area contributed by atoms with Gasteiger partial charge in [-0.05, 0) is 37.0 Å². The third-order valence-corrected chi connectivity index (χ3v) is 5.49. The summed E-state index contributed by atoms with van der Waals surface area (Å²) >= 11 is 0. The topological polar surface area (TPSA) is 35.0 Å². The van der Waals surface area contributed by atoms with E-state index in [1.807, 2.05) is 6.20 Å². The minimum atomic E-state index is 0.781. The van der Waals surface area contributed by atoms with E-state index >= 15 is 0 Å². The van der Waals surface area contributed by atoms with E-state index in [0.29, 0.717) is 0 Å². The lowest BCUT2D eigenvalue weighted by atomic mass is 10.0. The lowest BCUT2D eigenvalue weighted by Gasteiger charge is -2.13. The van der Waals surface area contributed by atoms with Crippen molar-refractivity contribution in [1.82, 2.24) is 9.97 Å². The molecule has 0 atom stereocenters. The monoisotopic (exact) mass is 396 g/mol. The van der Waals surface area contributed by atoms with Gasteiger partial charge in [0.25, 0.3) is 0 Å². The SMILES string of the molecule is CCCCCCCCCCOc1ccccc1-c1ncncc1CCCCCC. The zero-order chi connectivity index (χ0) is 20.6. The van der Waals surface area contributed by atoms with Crippen LogP contribution in [0.15, 0.2) is 36.8 Å². The average molecular weight is 397 g/mol. The van der Waals surface area contributed by atoms with Gasteiger partial charge in [-0.25, -0.2) is 9.97 Å². The molecule has 0 aliphatic heterocycles. The Morgan fingerprint density at radius 3 is 2.17 bits per heavy atom. The molecule has 29 heavy (non-hydrogen) atoms. The number of rotatable bonds is 16. The maximum absolute atomic E-state index is 6.17. The molecule has 0 unspecified atom stereocenters. The van der Waals surface area contributed by atoms with E-state index in [1.54, 1.807) is 6.33 Å². The van der Waals surface area contributed by atoms with Crippen LogP contribution in [0.3, 0.4) is 0 Å². The quantitative estimate of drug-likeness (QED) is 0.272. The number of benzene rings is 1. The van der Waals surface area contributed by atoms with Crippen molar-refractivity contribution in [2.24, 2.45) is 0 Å². The number of aryl methyl sites for hydroxylation is 1. The van der Waals surface area contributed by atoms with Gasteiger partial charge in [0.15, 0.2) is 0 Å². The molecule has 0 saturated carbocycles. The molecule has 0 amide bonds. The molecule has 2 aromatic rings. The minimum Gasteiger partial charge on any atom is -0.493 e. The fourth-order valence-corrected chi connectivity index (χ4v) is 3.73. The predicted octanol–water partition coefficient (Wildman–Crippen LogP) is 7.79. The van der Waals surface area contributed by atoms with E-state index < -0.39 is 0 Å². The van der Waals surface area contributed by atoms with Gasteiger partial charge in [0.1, 0.15) is 12.1 Å². The Bertz CT molecular complexity index is 671. The van der Waals surface area contributed by atoms with Gasteiger partial charge in [-0.2, -0.15) is 0 Å². The Balaban J connectivity index is 1.86. The second-order valence-electron chi connectivity index (χ2n) is 8.03. The van der Waals surface area contributed by atoms with Crippen LogP contribution in [0.1, 0.15) is 96.5 Å². The van der Waals surface area contributed by atoms with Crippen LogP contribution in [0.4, 0.5) is 0 Å². The zero-order valence-corrected chi connectivity index (χ0v) is 18.7. The van der Waals surface area contributed by atoms with Crippen molar-refractivity contribution in [3.8, 4) is 17.0 Å². The van der Waals surface area contributed by atoms with Crippen molar-refractivity contribution < 1.29 is 4.74 Å². The first-order chi connectivity index (χ1) is 14.4. The zero-order valence-electron chi connectivity index (χ0n) is 18.7. The molecule has 3 heteroatoms. The molecular weight excluding hydrogens is 356 g/mol. The van der Waals surface area contributed by atoms with Gasteiger partial charge >= 0.3 is 0 Å². The number of hydrogen-bond acceptors (Lipinski definition) is 3. The Hall–Kier alpha value is -1.90. The van der Waals surface area contributed by atoms with Crippen LogP contribution in [-0.2, 0) is 6.42 Å². The standard InChI is InChI=1S/C26H40N2O/c1-3-5-7-9-10-11-12-16-20-29-25-19-15-14-18-24(25)26-23(21-27-22-28-26)17-13-8-6-4-2/h14-15,18-19,21-22H,3-13,16-17,20H2,1-2H3. The molecule has 1 aromatic carbocycles. The molecule has 160 valence electrons. The van der Waals surface area contributed by atoms with Crippen molar-refractivity contribution in [2.75, 3.05) is 6.61 Å². The lowest BCUT2D eigenvalue weighted by molar-refractivity contribution is 0.305. The van der Waals surface area contributed by atoms with Gasteiger partial charge in [0, 0.05) is 11.8 Å². The van der Waals surface area contributed by atoms with Crippen LogP contribution in [0.25, 0.3) is 11.3 Å². The highest BCUT2D eigenvalue weighted by Gasteiger charge is 2.12. The average Bonchev–Trinajstić information content (AvgIpc) is 2.76. The maximum atomic E-state index is 6.17. The first kappa shape index (κ1) is 23.4. The third-order valence-electron chi connectivity index (χ3n) is 5.49. The van der Waals surface area contributed by atoms with Gasteiger partial charge < -0.3 is 4.74 Å². The molecule has 0 aliphatic rings. The second kappa shape index (κ2) is 15.0. The molecule has 3 nitrogen and oxygen atoms in total. The molecule has 0 aliphatic carbocycles. The summed E-state index contributed by atoms with van der Waals surface area (Å²) in [6.45, 7) is 5.30. The fourth-order valence-electron chi connectivity index (χ4n) is 3.73. The van der Waals surface area contributed by atoms with Gasteiger partial charge in [-0.15, -0.1) is 0 Å². The molecule has 1 heterocycles. The first-order valence-corrected chi connectivity index (χ1v) is 11.9. The van der Waals surface area contributed by atoms with Crippen molar-refractivity contribution in [3.05, 3.63) is 42.4 Å². The number of unbranched alkanes of at least 4 members (excludes halogenated alkanes) is 10. The molecule has 2 rings (SSSR count). The molecule has 0 bridgehead atoms. The fraction of sp³-hybridized carbons (Fsp3) is 0.615. The molecule has 1 aromatic heterocycles. The van der Waals surface area contributed by atoms with Gasteiger partial charge in [0.2, 0.25) is 0 Å². The Labute approximate surface area is 178 Å². The molecule has 0 N–H and O–H groups in total.